The van der Waals surface area contributed by atoms with Crippen molar-refractivity contribution in [1.82, 2.24) is 10.2 Å². The molecule has 0 spiro atoms. The van der Waals surface area contributed by atoms with Gasteiger partial charge >= 0.3 is 0 Å². The SMILES string of the molecule is Cl.O=C(CC1COCCN1)N1CCCC(c2ccccc2)(c2ccccc2)C1. The summed E-state index contributed by atoms with van der Waals surface area (Å²) in [7, 11) is 0. The van der Waals surface area contributed by atoms with Crippen LogP contribution in [0.4, 0.5) is 0 Å². The summed E-state index contributed by atoms with van der Waals surface area (Å²) in [5.41, 5.74) is 2.47. The van der Waals surface area contributed by atoms with E-state index >= 15 is 0 Å². The van der Waals surface area contributed by atoms with Crippen molar-refractivity contribution in [1.29, 1.82) is 0 Å². The Kier molecular flexibility index (Phi) is 7.11. The molecule has 2 aromatic rings. The number of nitrogens with zero attached hydrogens (tertiary/aromatic N) is 1. The number of benzene rings is 2. The van der Waals surface area contributed by atoms with E-state index in [-0.39, 0.29) is 29.8 Å². The van der Waals surface area contributed by atoms with Crippen LogP contribution in [0.3, 0.4) is 0 Å². The number of halogens is 1. The first-order chi connectivity index (χ1) is 13.3. The number of carbonyl (C=O) groups excluding carboxylic acids is 1. The van der Waals surface area contributed by atoms with Gasteiger partial charge in [-0.2, -0.15) is 0 Å². The van der Waals surface area contributed by atoms with Gasteiger partial charge in [0.25, 0.3) is 0 Å². The van der Waals surface area contributed by atoms with Crippen LogP contribution in [0.1, 0.15) is 30.4 Å². The van der Waals surface area contributed by atoms with Gasteiger partial charge < -0.3 is 15.0 Å². The maximum atomic E-state index is 13.0. The van der Waals surface area contributed by atoms with E-state index in [9.17, 15) is 4.79 Å². The summed E-state index contributed by atoms with van der Waals surface area (Å²) in [6, 6.07) is 21.5. The third-order valence-electron chi connectivity index (χ3n) is 5.92. The molecule has 0 aliphatic carbocycles. The molecule has 28 heavy (non-hydrogen) atoms. The second-order valence-corrected chi connectivity index (χ2v) is 7.66. The van der Waals surface area contributed by atoms with E-state index in [1.165, 1.54) is 11.1 Å². The summed E-state index contributed by atoms with van der Waals surface area (Å²) < 4.78 is 5.52. The molecule has 0 aromatic heterocycles. The molecule has 2 heterocycles. The smallest absolute Gasteiger partial charge is 0.224 e. The zero-order chi connectivity index (χ0) is 18.5. The van der Waals surface area contributed by atoms with Crippen LogP contribution in [0.25, 0.3) is 0 Å². The number of ether oxygens (including phenoxy) is 1. The molecule has 0 radical (unpaired) electrons. The highest BCUT2D eigenvalue weighted by Gasteiger charge is 2.40. The van der Waals surface area contributed by atoms with Crippen molar-refractivity contribution in [2.75, 3.05) is 32.8 Å². The highest BCUT2D eigenvalue weighted by Crippen LogP contribution is 2.40. The molecule has 1 N–H and O–H groups in total. The molecule has 1 atom stereocenters. The van der Waals surface area contributed by atoms with Gasteiger partial charge in [0, 0.05) is 37.5 Å². The number of rotatable bonds is 4. The fourth-order valence-electron chi connectivity index (χ4n) is 4.51. The highest BCUT2D eigenvalue weighted by atomic mass is 35.5. The van der Waals surface area contributed by atoms with Crippen LogP contribution >= 0.6 is 12.4 Å². The van der Waals surface area contributed by atoms with Crippen molar-refractivity contribution < 1.29 is 9.53 Å². The molecule has 0 saturated carbocycles. The van der Waals surface area contributed by atoms with Gasteiger partial charge in [0.05, 0.1) is 13.2 Å². The Morgan fingerprint density at radius 1 is 1.07 bits per heavy atom. The van der Waals surface area contributed by atoms with Crippen molar-refractivity contribution in [2.45, 2.75) is 30.7 Å². The monoisotopic (exact) mass is 400 g/mol. The van der Waals surface area contributed by atoms with Crippen LogP contribution < -0.4 is 5.32 Å². The second kappa shape index (κ2) is 9.55. The minimum atomic E-state index is -0.132. The predicted molar refractivity (Wildman–Crippen MR) is 114 cm³/mol. The summed E-state index contributed by atoms with van der Waals surface area (Å²) in [5.74, 6) is 0.230. The fraction of sp³-hybridized carbons (Fsp3) is 0.435. The highest BCUT2D eigenvalue weighted by molar-refractivity contribution is 5.85. The molecular weight excluding hydrogens is 372 g/mol. The van der Waals surface area contributed by atoms with Gasteiger partial charge in [-0.25, -0.2) is 0 Å². The van der Waals surface area contributed by atoms with E-state index in [2.05, 4.69) is 70.9 Å². The van der Waals surface area contributed by atoms with E-state index in [1.54, 1.807) is 0 Å². The Morgan fingerprint density at radius 2 is 1.71 bits per heavy atom. The lowest BCUT2D eigenvalue weighted by Crippen LogP contribution is -2.51. The van der Waals surface area contributed by atoms with Crippen LogP contribution in [0, 0.1) is 0 Å². The fourth-order valence-corrected chi connectivity index (χ4v) is 4.51. The van der Waals surface area contributed by atoms with E-state index in [4.69, 9.17) is 4.74 Å². The maximum absolute atomic E-state index is 13.0. The van der Waals surface area contributed by atoms with Crippen LogP contribution in [-0.4, -0.2) is 49.7 Å². The summed E-state index contributed by atoms with van der Waals surface area (Å²) >= 11 is 0. The molecule has 2 aliphatic rings. The number of hydrogen-bond donors (Lipinski definition) is 1. The van der Waals surface area contributed by atoms with Crippen molar-refractivity contribution in [3.63, 3.8) is 0 Å². The van der Waals surface area contributed by atoms with Crippen LogP contribution in [0.5, 0.6) is 0 Å². The van der Waals surface area contributed by atoms with E-state index < -0.39 is 0 Å². The average Bonchev–Trinajstić information content (AvgIpc) is 2.76. The topological polar surface area (TPSA) is 41.6 Å². The Hall–Kier alpha value is -1.88. The third kappa shape index (κ3) is 4.40. The minimum Gasteiger partial charge on any atom is -0.378 e. The summed E-state index contributed by atoms with van der Waals surface area (Å²) in [5, 5.41) is 3.40. The van der Waals surface area contributed by atoms with Crippen LogP contribution in [-0.2, 0) is 14.9 Å². The minimum absolute atomic E-state index is 0. The first-order valence-electron chi connectivity index (χ1n) is 9.98. The predicted octanol–water partition coefficient (Wildman–Crippen LogP) is 3.40. The lowest BCUT2D eigenvalue weighted by atomic mass is 9.69. The Labute approximate surface area is 173 Å². The lowest BCUT2D eigenvalue weighted by molar-refractivity contribution is -0.134. The normalized spacial score (nSPS) is 21.6. The van der Waals surface area contributed by atoms with Gasteiger partial charge in [-0.05, 0) is 24.0 Å². The van der Waals surface area contributed by atoms with E-state index in [0.29, 0.717) is 13.0 Å². The summed E-state index contributed by atoms with van der Waals surface area (Å²) in [4.78, 5) is 15.1. The van der Waals surface area contributed by atoms with Gasteiger partial charge in [0.1, 0.15) is 0 Å². The molecule has 150 valence electrons. The number of amides is 1. The van der Waals surface area contributed by atoms with Gasteiger partial charge in [-0.1, -0.05) is 60.7 Å². The molecule has 4 nitrogen and oxygen atoms in total. The van der Waals surface area contributed by atoms with Crippen LogP contribution in [0.2, 0.25) is 0 Å². The lowest BCUT2D eigenvalue weighted by Gasteiger charge is -2.44. The van der Waals surface area contributed by atoms with Gasteiger partial charge in [0.15, 0.2) is 0 Å². The Morgan fingerprint density at radius 3 is 2.29 bits per heavy atom. The quantitative estimate of drug-likeness (QED) is 0.855. The average molecular weight is 401 g/mol. The number of morpholine rings is 1. The summed E-state index contributed by atoms with van der Waals surface area (Å²) in [6.07, 6.45) is 2.60. The van der Waals surface area contributed by atoms with Crippen molar-refractivity contribution in [2.24, 2.45) is 0 Å². The number of likely N-dealkylation sites (tertiary alicyclic amines) is 1. The molecular formula is C23H29ClN2O2. The molecule has 5 heteroatoms. The molecule has 2 aliphatic heterocycles. The molecule has 1 amide bonds. The zero-order valence-corrected chi connectivity index (χ0v) is 17.0. The first kappa shape index (κ1) is 20.8. The Bertz CT molecular complexity index is 708. The summed E-state index contributed by atoms with van der Waals surface area (Å²) in [6.45, 7) is 3.78. The Balaban J connectivity index is 0.00000225. The van der Waals surface area contributed by atoms with E-state index in [0.717, 1.165) is 39.1 Å². The largest absolute Gasteiger partial charge is 0.378 e. The molecule has 2 fully saturated rings. The van der Waals surface area contributed by atoms with Crippen LogP contribution in [0.15, 0.2) is 60.7 Å². The van der Waals surface area contributed by atoms with Crippen molar-refractivity contribution >= 4 is 18.3 Å². The molecule has 2 aromatic carbocycles. The van der Waals surface area contributed by atoms with Gasteiger partial charge in [-0.15, -0.1) is 12.4 Å². The van der Waals surface area contributed by atoms with Gasteiger partial charge in [0.2, 0.25) is 5.91 Å². The molecule has 2 saturated heterocycles. The zero-order valence-electron chi connectivity index (χ0n) is 16.2. The maximum Gasteiger partial charge on any atom is 0.224 e. The number of hydrogen-bond acceptors (Lipinski definition) is 3. The van der Waals surface area contributed by atoms with Gasteiger partial charge in [-0.3, -0.25) is 4.79 Å². The molecule has 1 unspecified atom stereocenters. The molecule has 4 rings (SSSR count). The second-order valence-electron chi connectivity index (χ2n) is 7.66. The number of piperidine rings is 1. The molecule has 0 bridgehead atoms. The number of nitrogens with one attached hydrogen (secondary N) is 1. The van der Waals surface area contributed by atoms with Crippen molar-refractivity contribution in [3.8, 4) is 0 Å². The first-order valence-corrected chi connectivity index (χ1v) is 9.98. The number of carbonyl (C=O) groups is 1. The standard InChI is InChI=1S/C23H28N2O2.ClH/c26-22(16-21-17-27-15-13-24-21)25-14-7-12-23(18-25,19-8-3-1-4-9-19)20-10-5-2-6-11-20;/h1-6,8-11,21,24H,7,12-18H2;1H. The van der Waals surface area contributed by atoms with Crippen molar-refractivity contribution in [3.05, 3.63) is 71.8 Å². The van der Waals surface area contributed by atoms with E-state index in [1.807, 2.05) is 0 Å². The third-order valence-corrected chi connectivity index (χ3v) is 5.92.